The molecule has 0 unspecified atom stereocenters. The van der Waals surface area contributed by atoms with Crippen LogP contribution in [-0.4, -0.2) is 21.0 Å². The van der Waals surface area contributed by atoms with Gasteiger partial charge in [-0.1, -0.05) is 6.92 Å². The molecule has 1 aromatic rings. The fourth-order valence-electron chi connectivity index (χ4n) is 1.54. The van der Waals surface area contributed by atoms with Gasteiger partial charge in [-0.05, 0) is 19.8 Å². The predicted octanol–water partition coefficient (Wildman–Crippen LogP) is 1.12. The molecule has 1 aliphatic carbocycles. The van der Waals surface area contributed by atoms with E-state index in [0.717, 1.165) is 12.8 Å². The number of nitrogen functional groups attached to an aromatic ring is 1. The van der Waals surface area contributed by atoms with Crippen molar-refractivity contribution in [2.75, 3.05) is 5.73 Å². The van der Waals surface area contributed by atoms with E-state index in [1.165, 1.54) is 0 Å². The highest BCUT2D eigenvalue weighted by atomic mass is 16.4. The Morgan fingerprint density at radius 2 is 2.07 bits per heavy atom. The van der Waals surface area contributed by atoms with Gasteiger partial charge in [0.2, 0.25) is 0 Å². The third kappa shape index (κ3) is 1.54. The molecule has 5 nitrogen and oxygen atoms in total. The number of hydrogen-bond donors (Lipinski definition) is 2. The summed E-state index contributed by atoms with van der Waals surface area (Å²) in [6.07, 6.45) is 2.08. The Labute approximate surface area is 87.4 Å². The van der Waals surface area contributed by atoms with Gasteiger partial charge in [0.15, 0.2) is 0 Å². The molecule has 1 aromatic heterocycles. The van der Waals surface area contributed by atoms with Crippen LogP contribution in [0.4, 0.5) is 5.82 Å². The van der Waals surface area contributed by atoms with Gasteiger partial charge >= 0.3 is 5.97 Å². The van der Waals surface area contributed by atoms with Crippen LogP contribution >= 0.6 is 0 Å². The van der Waals surface area contributed by atoms with Crippen LogP contribution in [0.25, 0.3) is 0 Å². The van der Waals surface area contributed by atoms with Gasteiger partial charge in [0.1, 0.15) is 17.2 Å². The monoisotopic (exact) mass is 207 g/mol. The minimum Gasteiger partial charge on any atom is -0.477 e. The molecule has 0 radical (unpaired) electrons. The Kier molecular flexibility index (Phi) is 1.92. The smallest absolute Gasteiger partial charge is 0.341 e. The second-order valence-corrected chi connectivity index (χ2v) is 4.26. The molecule has 1 fully saturated rings. The quantitative estimate of drug-likeness (QED) is 0.758. The average Bonchev–Trinajstić information content (AvgIpc) is 2.82. The largest absolute Gasteiger partial charge is 0.477 e. The standard InChI is InChI=1S/C10H13N3O2/c1-5-6(8(14)15)7(11)13-9(12-5)10(2)3-4-10/h3-4H2,1-2H3,(H,14,15)(H2,11,12,13). The molecule has 0 bridgehead atoms. The maximum absolute atomic E-state index is 10.9. The zero-order valence-electron chi connectivity index (χ0n) is 8.74. The summed E-state index contributed by atoms with van der Waals surface area (Å²) in [5.74, 6) is -0.335. The van der Waals surface area contributed by atoms with Gasteiger partial charge in [0, 0.05) is 5.41 Å². The van der Waals surface area contributed by atoms with Gasteiger partial charge in [0.05, 0.1) is 5.69 Å². The maximum Gasteiger partial charge on any atom is 0.341 e. The number of aromatic nitrogens is 2. The van der Waals surface area contributed by atoms with Gasteiger partial charge < -0.3 is 10.8 Å². The molecule has 0 saturated heterocycles. The van der Waals surface area contributed by atoms with Crippen molar-refractivity contribution in [2.24, 2.45) is 0 Å². The minimum absolute atomic E-state index is 0.00983. The van der Waals surface area contributed by atoms with Crippen LogP contribution in [0, 0.1) is 6.92 Å². The van der Waals surface area contributed by atoms with E-state index < -0.39 is 5.97 Å². The normalized spacial score (nSPS) is 17.5. The number of aryl methyl sites for hydroxylation is 1. The summed E-state index contributed by atoms with van der Waals surface area (Å²) in [6.45, 7) is 3.71. The first-order valence-corrected chi connectivity index (χ1v) is 4.82. The van der Waals surface area contributed by atoms with Crippen molar-refractivity contribution in [3.8, 4) is 0 Å². The Bertz CT molecular complexity index is 415. The van der Waals surface area contributed by atoms with Crippen molar-refractivity contribution < 1.29 is 9.90 Å². The summed E-state index contributed by atoms with van der Waals surface area (Å²) >= 11 is 0. The SMILES string of the molecule is Cc1nc(C2(C)CC2)nc(N)c1C(=O)O. The van der Waals surface area contributed by atoms with E-state index >= 15 is 0 Å². The van der Waals surface area contributed by atoms with Gasteiger partial charge in [-0.3, -0.25) is 0 Å². The molecule has 0 atom stereocenters. The van der Waals surface area contributed by atoms with Crippen molar-refractivity contribution in [1.29, 1.82) is 0 Å². The summed E-state index contributed by atoms with van der Waals surface area (Å²) in [5, 5.41) is 8.90. The minimum atomic E-state index is -1.07. The van der Waals surface area contributed by atoms with Crippen molar-refractivity contribution >= 4 is 11.8 Å². The summed E-state index contributed by atoms with van der Waals surface area (Å²) in [7, 11) is 0. The molecule has 5 heteroatoms. The van der Waals surface area contributed by atoms with Crippen LogP contribution < -0.4 is 5.73 Å². The summed E-state index contributed by atoms with van der Waals surface area (Å²) in [4.78, 5) is 19.2. The van der Waals surface area contributed by atoms with Gasteiger partial charge in [-0.25, -0.2) is 14.8 Å². The second kappa shape index (κ2) is 2.92. The fourth-order valence-corrected chi connectivity index (χ4v) is 1.54. The Hall–Kier alpha value is -1.65. The molecule has 2 rings (SSSR count). The predicted molar refractivity (Wildman–Crippen MR) is 54.7 cm³/mol. The highest BCUT2D eigenvalue weighted by Gasteiger charge is 2.42. The third-order valence-electron chi connectivity index (χ3n) is 2.87. The van der Waals surface area contributed by atoms with Crippen molar-refractivity contribution in [3.63, 3.8) is 0 Å². The molecule has 0 aromatic carbocycles. The number of carboxylic acids is 1. The lowest BCUT2D eigenvalue weighted by Crippen LogP contribution is -2.15. The molecular weight excluding hydrogens is 194 g/mol. The molecular formula is C10H13N3O2. The lowest BCUT2D eigenvalue weighted by molar-refractivity contribution is 0.0696. The molecule has 0 spiro atoms. The fraction of sp³-hybridized carbons (Fsp3) is 0.500. The molecule has 1 heterocycles. The number of carbonyl (C=O) groups is 1. The molecule has 15 heavy (non-hydrogen) atoms. The van der Waals surface area contributed by atoms with Gasteiger partial charge in [0.25, 0.3) is 0 Å². The molecule has 1 saturated carbocycles. The van der Waals surface area contributed by atoms with Crippen molar-refractivity contribution in [3.05, 3.63) is 17.1 Å². The summed E-state index contributed by atoms with van der Waals surface area (Å²) in [5.41, 5.74) is 6.08. The van der Waals surface area contributed by atoms with Crippen LogP contribution in [0.15, 0.2) is 0 Å². The Morgan fingerprint density at radius 3 is 2.47 bits per heavy atom. The highest BCUT2D eigenvalue weighted by Crippen LogP contribution is 2.46. The number of nitrogens with zero attached hydrogens (tertiary/aromatic N) is 2. The molecule has 3 N–H and O–H groups in total. The third-order valence-corrected chi connectivity index (χ3v) is 2.87. The first-order chi connectivity index (χ1) is 6.94. The molecule has 0 amide bonds. The van der Waals surface area contributed by atoms with E-state index in [0.29, 0.717) is 11.5 Å². The summed E-state index contributed by atoms with van der Waals surface area (Å²) in [6, 6.07) is 0. The zero-order chi connectivity index (χ0) is 11.2. The highest BCUT2D eigenvalue weighted by molar-refractivity contribution is 5.93. The number of carboxylic acid groups (broad SMARTS) is 1. The lowest BCUT2D eigenvalue weighted by Gasteiger charge is -2.10. The first kappa shape index (κ1) is 9.89. The van der Waals surface area contributed by atoms with Crippen molar-refractivity contribution in [1.82, 2.24) is 9.97 Å². The van der Waals surface area contributed by atoms with Crippen LogP contribution in [0.1, 0.15) is 41.6 Å². The molecule has 1 aliphatic rings. The van der Waals surface area contributed by atoms with E-state index in [1.54, 1.807) is 6.92 Å². The maximum atomic E-state index is 10.9. The molecule has 0 aliphatic heterocycles. The van der Waals surface area contributed by atoms with E-state index in [1.807, 2.05) is 0 Å². The van der Waals surface area contributed by atoms with Crippen LogP contribution in [-0.2, 0) is 5.41 Å². The Balaban J connectivity index is 2.52. The van der Waals surface area contributed by atoms with E-state index in [2.05, 4.69) is 16.9 Å². The number of anilines is 1. The lowest BCUT2D eigenvalue weighted by atomic mass is 10.1. The second-order valence-electron chi connectivity index (χ2n) is 4.26. The van der Waals surface area contributed by atoms with Crippen LogP contribution in [0.2, 0.25) is 0 Å². The number of aromatic carboxylic acids is 1. The summed E-state index contributed by atoms with van der Waals surface area (Å²) < 4.78 is 0. The van der Waals surface area contributed by atoms with E-state index in [9.17, 15) is 4.79 Å². The number of nitrogens with two attached hydrogens (primary N) is 1. The molecule has 80 valence electrons. The van der Waals surface area contributed by atoms with E-state index in [4.69, 9.17) is 10.8 Å². The van der Waals surface area contributed by atoms with Crippen LogP contribution in [0.5, 0.6) is 0 Å². The Morgan fingerprint density at radius 1 is 1.47 bits per heavy atom. The van der Waals surface area contributed by atoms with Crippen molar-refractivity contribution in [2.45, 2.75) is 32.1 Å². The van der Waals surface area contributed by atoms with Crippen LogP contribution in [0.3, 0.4) is 0 Å². The first-order valence-electron chi connectivity index (χ1n) is 4.82. The zero-order valence-corrected chi connectivity index (χ0v) is 8.74. The topological polar surface area (TPSA) is 89.1 Å². The number of rotatable bonds is 2. The average molecular weight is 207 g/mol. The van der Waals surface area contributed by atoms with Gasteiger partial charge in [-0.15, -0.1) is 0 Å². The van der Waals surface area contributed by atoms with E-state index in [-0.39, 0.29) is 16.8 Å². The van der Waals surface area contributed by atoms with Gasteiger partial charge in [-0.2, -0.15) is 0 Å². The number of hydrogen-bond acceptors (Lipinski definition) is 4.